The predicted octanol–water partition coefficient (Wildman–Crippen LogP) is 2.77. The van der Waals surface area contributed by atoms with Gasteiger partial charge < -0.3 is 10.7 Å². The van der Waals surface area contributed by atoms with Crippen molar-refractivity contribution in [3.8, 4) is 0 Å². The van der Waals surface area contributed by atoms with Gasteiger partial charge in [0.05, 0.1) is 16.8 Å². The number of nitrogens with zero attached hydrogens (tertiary/aromatic N) is 1. The van der Waals surface area contributed by atoms with Gasteiger partial charge in [0.2, 0.25) is 15.0 Å². The number of nitrogens with two attached hydrogens (primary N) is 1. The first-order chi connectivity index (χ1) is 9.94. The maximum absolute atomic E-state index is 12.4. The van der Waals surface area contributed by atoms with Crippen LogP contribution in [0.25, 0.3) is 11.0 Å². The summed E-state index contributed by atoms with van der Waals surface area (Å²) >= 11 is 5.87. The van der Waals surface area contributed by atoms with Crippen molar-refractivity contribution in [2.24, 2.45) is 0 Å². The van der Waals surface area contributed by atoms with Crippen LogP contribution in [0.2, 0.25) is 5.02 Å². The molecular weight excluding hydrogens is 310 g/mol. The van der Waals surface area contributed by atoms with Gasteiger partial charge in [0, 0.05) is 10.7 Å². The van der Waals surface area contributed by atoms with Gasteiger partial charge in [0.15, 0.2) is 0 Å². The Hall–Kier alpha value is -2.05. The second-order valence-corrected chi connectivity index (χ2v) is 7.05. The highest BCUT2D eigenvalue weighted by molar-refractivity contribution is 7.90. The van der Waals surface area contributed by atoms with E-state index in [1.54, 1.807) is 42.5 Å². The number of sulfone groups is 1. The number of aromatic amines is 1. The number of nitrogens with one attached hydrogen (secondary N) is 1. The number of nitrogen functional groups attached to an aromatic ring is 1. The van der Waals surface area contributed by atoms with Crippen LogP contribution >= 0.6 is 11.6 Å². The van der Waals surface area contributed by atoms with Crippen molar-refractivity contribution >= 4 is 38.2 Å². The fourth-order valence-electron chi connectivity index (χ4n) is 2.07. The molecule has 3 aromatic rings. The van der Waals surface area contributed by atoms with Gasteiger partial charge >= 0.3 is 0 Å². The average molecular weight is 322 g/mol. The second-order valence-electron chi connectivity index (χ2n) is 4.71. The number of fused-ring (bicyclic) bond motifs is 1. The molecule has 0 fully saturated rings. The molecule has 0 saturated carbocycles. The Labute approximate surface area is 126 Å². The van der Waals surface area contributed by atoms with E-state index in [0.717, 1.165) is 0 Å². The molecule has 108 valence electrons. The summed E-state index contributed by atoms with van der Waals surface area (Å²) in [5, 5.41) is 0.433. The molecule has 1 aromatic heterocycles. The lowest BCUT2D eigenvalue weighted by molar-refractivity contribution is 0.588. The molecule has 0 aliphatic carbocycles. The van der Waals surface area contributed by atoms with Crippen LogP contribution < -0.4 is 5.73 Å². The van der Waals surface area contributed by atoms with Crippen LogP contribution in [0.4, 0.5) is 5.69 Å². The zero-order valence-corrected chi connectivity index (χ0v) is 12.4. The molecule has 0 spiro atoms. The van der Waals surface area contributed by atoms with Crippen LogP contribution in [-0.2, 0) is 15.6 Å². The number of benzene rings is 2. The summed E-state index contributed by atoms with van der Waals surface area (Å²) in [4.78, 5) is 6.91. The number of aromatic nitrogens is 2. The summed E-state index contributed by atoms with van der Waals surface area (Å²) in [7, 11) is -3.57. The first kappa shape index (κ1) is 13.9. The lowest BCUT2D eigenvalue weighted by Crippen LogP contribution is -2.06. The highest BCUT2D eigenvalue weighted by Crippen LogP contribution is 2.21. The van der Waals surface area contributed by atoms with E-state index in [1.165, 1.54) is 0 Å². The summed E-state index contributed by atoms with van der Waals surface area (Å²) < 4.78 is 24.8. The van der Waals surface area contributed by atoms with Gasteiger partial charge in [0.1, 0.15) is 0 Å². The summed E-state index contributed by atoms with van der Waals surface area (Å²) in [5.41, 5.74) is 7.99. The Kier molecular flexibility index (Phi) is 3.35. The third-order valence-electron chi connectivity index (χ3n) is 3.02. The molecule has 0 aliphatic rings. The van der Waals surface area contributed by atoms with E-state index < -0.39 is 9.84 Å². The molecule has 2 aromatic carbocycles. The van der Waals surface area contributed by atoms with Crippen LogP contribution in [0.3, 0.4) is 0 Å². The van der Waals surface area contributed by atoms with Gasteiger partial charge in [-0.3, -0.25) is 0 Å². The molecule has 0 unspecified atom stereocenters. The third kappa shape index (κ3) is 2.86. The van der Waals surface area contributed by atoms with Crippen LogP contribution in [-0.4, -0.2) is 18.4 Å². The molecule has 0 saturated heterocycles. The Morgan fingerprint density at radius 3 is 2.76 bits per heavy atom. The Balaban J connectivity index is 2.00. The minimum atomic E-state index is -3.57. The lowest BCUT2D eigenvalue weighted by Gasteiger charge is -2.01. The summed E-state index contributed by atoms with van der Waals surface area (Å²) in [6.45, 7) is 0. The van der Waals surface area contributed by atoms with E-state index in [2.05, 4.69) is 9.97 Å². The monoisotopic (exact) mass is 321 g/mol. The number of hydrogen-bond acceptors (Lipinski definition) is 4. The molecule has 0 aliphatic heterocycles. The molecule has 21 heavy (non-hydrogen) atoms. The highest BCUT2D eigenvalue weighted by Gasteiger charge is 2.20. The number of halogens is 1. The zero-order chi connectivity index (χ0) is 15.0. The molecule has 3 rings (SSSR count). The maximum Gasteiger partial charge on any atom is 0.226 e. The standard InChI is InChI=1S/C14H12ClN3O2S/c15-10-3-1-2-9(6-10)8-21(19,20)14-17-12-5-4-11(16)7-13(12)18-14/h1-7H,8,16H2,(H,17,18). The van der Waals surface area contributed by atoms with E-state index in [0.29, 0.717) is 27.3 Å². The van der Waals surface area contributed by atoms with E-state index in [1.807, 2.05) is 0 Å². The van der Waals surface area contributed by atoms with Gasteiger partial charge in [-0.1, -0.05) is 23.7 Å². The number of imidazole rings is 1. The van der Waals surface area contributed by atoms with Gasteiger partial charge in [-0.25, -0.2) is 13.4 Å². The summed E-state index contributed by atoms with van der Waals surface area (Å²) in [5.74, 6) is -0.164. The minimum absolute atomic E-state index is 0.0666. The van der Waals surface area contributed by atoms with Crippen molar-refractivity contribution in [3.05, 3.63) is 53.1 Å². The van der Waals surface area contributed by atoms with Crippen LogP contribution in [0, 0.1) is 0 Å². The number of rotatable bonds is 3. The fraction of sp³-hybridized carbons (Fsp3) is 0.0714. The SMILES string of the molecule is Nc1ccc2nc(S(=O)(=O)Cc3cccc(Cl)c3)[nH]c2c1. The highest BCUT2D eigenvalue weighted by atomic mass is 35.5. The van der Waals surface area contributed by atoms with E-state index in [-0.39, 0.29) is 10.9 Å². The number of anilines is 1. The quantitative estimate of drug-likeness (QED) is 0.726. The normalized spacial score (nSPS) is 11.9. The molecule has 1 heterocycles. The lowest BCUT2D eigenvalue weighted by atomic mass is 10.2. The third-order valence-corrected chi connectivity index (χ3v) is 4.76. The van der Waals surface area contributed by atoms with Crippen LogP contribution in [0.5, 0.6) is 0 Å². The minimum Gasteiger partial charge on any atom is -0.399 e. The fourth-order valence-corrected chi connectivity index (χ4v) is 3.54. The average Bonchev–Trinajstić information content (AvgIpc) is 2.82. The molecule has 7 heteroatoms. The van der Waals surface area contributed by atoms with E-state index >= 15 is 0 Å². The summed E-state index contributed by atoms with van der Waals surface area (Å²) in [6.07, 6.45) is 0. The zero-order valence-electron chi connectivity index (χ0n) is 10.9. The number of H-pyrrole nitrogens is 1. The molecular formula is C14H12ClN3O2S. The Morgan fingerprint density at radius 2 is 2.00 bits per heavy atom. The molecule has 0 atom stereocenters. The van der Waals surface area contributed by atoms with Gasteiger partial charge in [-0.05, 0) is 35.9 Å². The van der Waals surface area contributed by atoms with Crippen molar-refractivity contribution in [1.29, 1.82) is 0 Å². The summed E-state index contributed by atoms with van der Waals surface area (Å²) in [6, 6.07) is 11.8. The van der Waals surface area contributed by atoms with E-state index in [4.69, 9.17) is 17.3 Å². The Morgan fingerprint density at radius 1 is 1.19 bits per heavy atom. The smallest absolute Gasteiger partial charge is 0.226 e. The van der Waals surface area contributed by atoms with Crippen molar-refractivity contribution in [3.63, 3.8) is 0 Å². The molecule has 0 bridgehead atoms. The van der Waals surface area contributed by atoms with Gasteiger partial charge in [-0.2, -0.15) is 0 Å². The predicted molar refractivity (Wildman–Crippen MR) is 82.8 cm³/mol. The molecule has 3 N–H and O–H groups in total. The molecule has 5 nitrogen and oxygen atoms in total. The largest absolute Gasteiger partial charge is 0.399 e. The van der Waals surface area contributed by atoms with E-state index in [9.17, 15) is 8.42 Å². The van der Waals surface area contributed by atoms with Crippen molar-refractivity contribution in [1.82, 2.24) is 9.97 Å². The van der Waals surface area contributed by atoms with Crippen molar-refractivity contribution in [2.75, 3.05) is 5.73 Å². The number of hydrogen-bond donors (Lipinski definition) is 2. The Bertz CT molecular complexity index is 919. The van der Waals surface area contributed by atoms with Gasteiger partial charge in [-0.15, -0.1) is 0 Å². The van der Waals surface area contributed by atoms with Gasteiger partial charge in [0.25, 0.3) is 0 Å². The molecule has 0 radical (unpaired) electrons. The first-order valence-corrected chi connectivity index (χ1v) is 8.19. The van der Waals surface area contributed by atoms with Crippen LogP contribution in [0.1, 0.15) is 5.56 Å². The topological polar surface area (TPSA) is 88.8 Å². The second kappa shape index (κ2) is 5.05. The van der Waals surface area contributed by atoms with Crippen molar-refractivity contribution in [2.45, 2.75) is 10.9 Å². The first-order valence-electron chi connectivity index (χ1n) is 6.16. The van der Waals surface area contributed by atoms with Crippen molar-refractivity contribution < 1.29 is 8.42 Å². The maximum atomic E-state index is 12.4. The molecule has 0 amide bonds. The van der Waals surface area contributed by atoms with Crippen LogP contribution in [0.15, 0.2) is 47.6 Å².